The molecule has 2 aromatic carbocycles. The molecule has 0 aliphatic carbocycles. The number of phenolic OH excluding ortho intramolecular Hbond substituents is 3. The molecule has 2 aromatic rings. The van der Waals surface area contributed by atoms with Crippen LogP contribution in [-0.4, -0.2) is 15.3 Å². The zero-order valence-electron chi connectivity index (χ0n) is 10.2. The smallest absolute Gasteiger partial charge is 0.119 e. The van der Waals surface area contributed by atoms with E-state index in [1.54, 1.807) is 42.5 Å². The van der Waals surface area contributed by atoms with E-state index in [1.807, 2.05) is 6.08 Å². The summed E-state index contributed by atoms with van der Waals surface area (Å²) < 4.78 is 0. The van der Waals surface area contributed by atoms with Gasteiger partial charge in [-0.2, -0.15) is 0 Å². The van der Waals surface area contributed by atoms with E-state index >= 15 is 0 Å². The van der Waals surface area contributed by atoms with E-state index in [2.05, 4.69) is 12.8 Å². The summed E-state index contributed by atoms with van der Waals surface area (Å²) in [6, 6.07) is 11.1. The van der Waals surface area contributed by atoms with Gasteiger partial charge in [0.2, 0.25) is 0 Å². The molecule has 96 valence electrons. The molecule has 0 bridgehead atoms. The first kappa shape index (κ1) is 14.2. The van der Waals surface area contributed by atoms with Gasteiger partial charge in [0.25, 0.3) is 0 Å². The van der Waals surface area contributed by atoms with Crippen molar-refractivity contribution >= 4 is 12.2 Å². The van der Waals surface area contributed by atoms with Gasteiger partial charge in [0.05, 0.1) is 0 Å². The fraction of sp³-hybridized carbons (Fsp3) is 0. The highest BCUT2D eigenvalue weighted by molar-refractivity contribution is 5.71. The molecule has 0 heterocycles. The summed E-state index contributed by atoms with van der Waals surface area (Å²) in [7, 11) is 0. The standard InChI is InChI=1S/C14H12O3.C2H2/c15-12-5-3-10(4-6-12)1-2-11-7-13(16)9-14(17)8-11;1-2/h1-9,15-17H;1-2H. The molecule has 0 radical (unpaired) electrons. The molecule has 0 aromatic heterocycles. The molecule has 3 nitrogen and oxygen atoms in total. The van der Waals surface area contributed by atoms with Gasteiger partial charge in [-0.05, 0) is 35.4 Å². The van der Waals surface area contributed by atoms with Crippen molar-refractivity contribution in [1.82, 2.24) is 0 Å². The van der Waals surface area contributed by atoms with E-state index in [1.165, 1.54) is 6.07 Å². The Kier molecular flexibility index (Phi) is 5.06. The summed E-state index contributed by atoms with van der Waals surface area (Å²) in [5.41, 5.74) is 1.63. The molecule has 0 saturated carbocycles. The van der Waals surface area contributed by atoms with Crippen molar-refractivity contribution in [2.75, 3.05) is 0 Å². The summed E-state index contributed by atoms with van der Waals surface area (Å²) >= 11 is 0. The van der Waals surface area contributed by atoms with E-state index in [4.69, 9.17) is 5.11 Å². The number of hydrogen-bond donors (Lipinski definition) is 3. The summed E-state index contributed by atoms with van der Waals surface area (Å²) in [6.07, 6.45) is 11.6. The minimum Gasteiger partial charge on any atom is -0.508 e. The van der Waals surface area contributed by atoms with Crippen LogP contribution in [0.4, 0.5) is 0 Å². The van der Waals surface area contributed by atoms with Crippen LogP contribution < -0.4 is 0 Å². The first-order valence-corrected chi connectivity index (χ1v) is 5.47. The van der Waals surface area contributed by atoms with Crippen LogP contribution in [0, 0.1) is 12.8 Å². The SMILES string of the molecule is C#C.Oc1ccc(C=Cc2cc(O)cc(O)c2)cc1. The Labute approximate surface area is 112 Å². The molecular weight excluding hydrogens is 240 g/mol. The number of hydrogen-bond acceptors (Lipinski definition) is 3. The van der Waals surface area contributed by atoms with E-state index in [-0.39, 0.29) is 17.2 Å². The minimum atomic E-state index is 0.0235. The van der Waals surface area contributed by atoms with Crippen molar-refractivity contribution in [2.24, 2.45) is 0 Å². The highest BCUT2D eigenvalue weighted by Gasteiger charge is 1.95. The van der Waals surface area contributed by atoms with Gasteiger partial charge in [0.15, 0.2) is 0 Å². The summed E-state index contributed by atoms with van der Waals surface area (Å²) in [5, 5.41) is 27.7. The topological polar surface area (TPSA) is 60.7 Å². The molecule has 0 spiro atoms. The maximum atomic E-state index is 9.30. The van der Waals surface area contributed by atoms with Crippen molar-refractivity contribution in [3.05, 3.63) is 53.6 Å². The Bertz CT molecular complexity index is 560. The Hall–Kier alpha value is -2.86. The Morgan fingerprint density at radius 1 is 0.632 bits per heavy atom. The van der Waals surface area contributed by atoms with E-state index < -0.39 is 0 Å². The summed E-state index contributed by atoms with van der Waals surface area (Å²) in [5.74, 6) is 0.267. The van der Waals surface area contributed by atoms with Crippen molar-refractivity contribution in [3.63, 3.8) is 0 Å². The van der Waals surface area contributed by atoms with E-state index in [0.29, 0.717) is 5.56 Å². The summed E-state index contributed by atoms with van der Waals surface area (Å²) in [4.78, 5) is 0. The molecule has 0 unspecified atom stereocenters. The second-order valence-corrected chi connectivity index (χ2v) is 3.71. The second-order valence-electron chi connectivity index (χ2n) is 3.71. The van der Waals surface area contributed by atoms with Crippen molar-refractivity contribution in [1.29, 1.82) is 0 Å². The van der Waals surface area contributed by atoms with Crippen LogP contribution in [-0.2, 0) is 0 Å². The van der Waals surface area contributed by atoms with Gasteiger partial charge in [0, 0.05) is 6.07 Å². The minimum absolute atomic E-state index is 0.0235. The Balaban J connectivity index is 0.000000861. The fourth-order valence-electron chi connectivity index (χ4n) is 1.49. The lowest BCUT2D eigenvalue weighted by atomic mass is 10.1. The average Bonchev–Trinajstić information content (AvgIpc) is 2.39. The third-order valence-corrected chi connectivity index (χ3v) is 2.29. The van der Waals surface area contributed by atoms with Gasteiger partial charge in [-0.15, -0.1) is 12.8 Å². The zero-order valence-corrected chi connectivity index (χ0v) is 10.2. The van der Waals surface area contributed by atoms with Crippen LogP contribution in [0.2, 0.25) is 0 Å². The second kappa shape index (κ2) is 6.77. The molecule has 2 rings (SSSR count). The van der Waals surface area contributed by atoms with E-state index in [0.717, 1.165) is 5.56 Å². The van der Waals surface area contributed by atoms with Crippen LogP contribution >= 0.6 is 0 Å². The normalized spacial score (nSPS) is 9.79. The molecule has 0 saturated heterocycles. The highest BCUT2D eigenvalue weighted by Crippen LogP contribution is 2.22. The monoisotopic (exact) mass is 254 g/mol. The zero-order chi connectivity index (χ0) is 14.3. The number of terminal acetylenes is 1. The van der Waals surface area contributed by atoms with Gasteiger partial charge < -0.3 is 15.3 Å². The lowest BCUT2D eigenvalue weighted by molar-refractivity contribution is 0.450. The maximum absolute atomic E-state index is 9.30. The molecule has 0 aliphatic rings. The predicted molar refractivity (Wildman–Crippen MR) is 76.7 cm³/mol. The highest BCUT2D eigenvalue weighted by atomic mass is 16.3. The molecule has 0 aliphatic heterocycles. The average molecular weight is 254 g/mol. The van der Waals surface area contributed by atoms with Gasteiger partial charge >= 0.3 is 0 Å². The fourth-order valence-corrected chi connectivity index (χ4v) is 1.49. The van der Waals surface area contributed by atoms with Crippen molar-refractivity contribution in [2.45, 2.75) is 0 Å². The summed E-state index contributed by atoms with van der Waals surface area (Å²) in [6.45, 7) is 0. The first-order valence-electron chi connectivity index (χ1n) is 5.47. The van der Waals surface area contributed by atoms with Crippen LogP contribution in [0.5, 0.6) is 17.2 Å². The lowest BCUT2D eigenvalue weighted by Gasteiger charge is -1.98. The molecule has 3 heteroatoms. The largest absolute Gasteiger partial charge is 0.508 e. The maximum Gasteiger partial charge on any atom is 0.119 e. The van der Waals surface area contributed by atoms with Crippen LogP contribution in [0.1, 0.15) is 11.1 Å². The van der Waals surface area contributed by atoms with Crippen LogP contribution in [0.3, 0.4) is 0 Å². The molecule has 19 heavy (non-hydrogen) atoms. The molecule has 0 fully saturated rings. The number of rotatable bonds is 2. The van der Waals surface area contributed by atoms with Gasteiger partial charge in [-0.1, -0.05) is 24.3 Å². The quantitative estimate of drug-likeness (QED) is 0.569. The number of benzene rings is 2. The molecule has 0 amide bonds. The number of aromatic hydroxyl groups is 3. The van der Waals surface area contributed by atoms with Gasteiger partial charge in [0.1, 0.15) is 17.2 Å². The lowest BCUT2D eigenvalue weighted by Crippen LogP contribution is -1.74. The van der Waals surface area contributed by atoms with Gasteiger partial charge in [-0.3, -0.25) is 0 Å². The Morgan fingerprint density at radius 2 is 1.11 bits per heavy atom. The molecular formula is C16H14O3. The van der Waals surface area contributed by atoms with Crippen molar-refractivity contribution in [3.8, 4) is 30.1 Å². The third-order valence-electron chi connectivity index (χ3n) is 2.29. The van der Waals surface area contributed by atoms with Crippen LogP contribution in [0.15, 0.2) is 42.5 Å². The van der Waals surface area contributed by atoms with E-state index in [9.17, 15) is 10.2 Å². The first-order chi connectivity index (χ1) is 9.13. The predicted octanol–water partition coefficient (Wildman–Crippen LogP) is 3.22. The molecule has 3 N–H and O–H groups in total. The molecule has 0 atom stereocenters. The van der Waals surface area contributed by atoms with Crippen LogP contribution in [0.25, 0.3) is 12.2 Å². The van der Waals surface area contributed by atoms with Gasteiger partial charge in [-0.25, -0.2) is 0 Å². The Morgan fingerprint density at radius 3 is 1.63 bits per heavy atom. The third kappa shape index (κ3) is 4.49. The number of phenols is 3. The van der Waals surface area contributed by atoms with Crippen molar-refractivity contribution < 1.29 is 15.3 Å².